The van der Waals surface area contributed by atoms with E-state index in [2.05, 4.69) is 48.0 Å². The lowest BCUT2D eigenvalue weighted by molar-refractivity contribution is 0.194. The molecule has 138 valence electrons. The maximum absolute atomic E-state index is 13.1. The first-order valence-electron chi connectivity index (χ1n) is 8.68. The number of hydrogen-bond donors (Lipinski definition) is 1. The van der Waals surface area contributed by atoms with Crippen LogP contribution in [0.5, 0.6) is 0 Å². The second-order valence-electron chi connectivity index (χ2n) is 6.64. The van der Waals surface area contributed by atoms with Crippen LogP contribution in [0, 0.1) is 6.92 Å². The Hall–Kier alpha value is -2.01. The van der Waals surface area contributed by atoms with Crippen molar-refractivity contribution in [3.8, 4) is 0 Å². The van der Waals surface area contributed by atoms with E-state index in [-0.39, 0.29) is 12.1 Å². The number of aryl methyl sites for hydroxylation is 1. The van der Waals surface area contributed by atoms with Crippen LogP contribution in [0.25, 0.3) is 0 Å². The van der Waals surface area contributed by atoms with Gasteiger partial charge in [0.05, 0.1) is 6.04 Å². The van der Waals surface area contributed by atoms with E-state index in [0.29, 0.717) is 22.3 Å². The van der Waals surface area contributed by atoms with Gasteiger partial charge in [0.2, 0.25) is 0 Å². The second-order valence-corrected chi connectivity index (χ2v) is 8.52. The predicted octanol–water partition coefficient (Wildman–Crippen LogP) is 6.54. The number of halogens is 2. The molecule has 6 heteroatoms. The molecule has 1 aromatic heterocycles. The Morgan fingerprint density at radius 1 is 1.11 bits per heavy atom. The van der Waals surface area contributed by atoms with Gasteiger partial charge in [-0.05, 0) is 54.1 Å². The Kier molecular flexibility index (Phi) is 5.13. The first kappa shape index (κ1) is 18.4. The molecule has 1 N–H and O–H groups in total. The van der Waals surface area contributed by atoms with Gasteiger partial charge in [-0.3, -0.25) is 0 Å². The van der Waals surface area contributed by atoms with Crippen LogP contribution >= 0.6 is 34.5 Å². The van der Waals surface area contributed by atoms with E-state index in [9.17, 15) is 4.79 Å². The molecule has 1 atom stereocenters. The van der Waals surface area contributed by atoms with E-state index in [0.717, 1.165) is 12.0 Å². The average molecular weight is 417 g/mol. The molecule has 1 aliphatic rings. The first-order chi connectivity index (χ1) is 13.0. The van der Waals surface area contributed by atoms with Crippen molar-refractivity contribution in [3.05, 3.63) is 85.5 Å². The number of nitrogens with one attached hydrogen (secondary N) is 1. The van der Waals surface area contributed by atoms with Crippen molar-refractivity contribution in [1.82, 2.24) is 4.90 Å². The zero-order valence-corrected chi connectivity index (χ0v) is 17.0. The lowest BCUT2D eigenvalue weighted by atomic mass is 9.93. The summed E-state index contributed by atoms with van der Waals surface area (Å²) in [5, 5.41) is 6.03. The molecule has 0 bridgehead atoms. The van der Waals surface area contributed by atoms with Crippen LogP contribution in [0.4, 0.5) is 10.5 Å². The quantitative estimate of drug-likeness (QED) is 0.504. The van der Waals surface area contributed by atoms with Crippen LogP contribution in [0.3, 0.4) is 0 Å². The third kappa shape index (κ3) is 3.84. The van der Waals surface area contributed by atoms with Gasteiger partial charge in [-0.1, -0.05) is 53.0 Å². The minimum absolute atomic E-state index is 0.102. The molecule has 2 aromatic carbocycles. The summed E-state index contributed by atoms with van der Waals surface area (Å²) in [5.41, 5.74) is 4.11. The number of carbonyl (C=O) groups is 1. The standard InChI is InChI=1S/C21H18Cl2N2OS/c1-13-2-4-14(5-3-13)20-18-7-9-27-19(18)6-8-25(20)21(26)24-17-11-15(22)10-16(23)12-17/h2-5,7,9-12,20H,6,8H2,1H3,(H,24,26). The average Bonchev–Trinajstić information content (AvgIpc) is 3.09. The van der Waals surface area contributed by atoms with Crippen molar-refractivity contribution >= 4 is 46.3 Å². The third-order valence-electron chi connectivity index (χ3n) is 4.73. The van der Waals surface area contributed by atoms with E-state index in [1.165, 1.54) is 16.0 Å². The first-order valence-corrected chi connectivity index (χ1v) is 10.3. The van der Waals surface area contributed by atoms with Crippen LogP contribution in [0.15, 0.2) is 53.9 Å². The van der Waals surface area contributed by atoms with Gasteiger partial charge in [-0.15, -0.1) is 11.3 Å². The summed E-state index contributed by atoms with van der Waals surface area (Å²) in [5.74, 6) is 0. The van der Waals surface area contributed by atoms with Gasteiger partial charge in [-0.25, -0.2) is 4.79 Å². The van der Waals surface area contributed by atoms with Crippen molar-refractivity contribution in [2.75, 3.05) is 11.9 Å². The van der Waals surface area contributed by atoms with Crippen molar-refractivity contribution in [2.24, 2.45) is 0 Å². The van der Waals surface area contributed by atoms with Crippen molar-refractivity contribution < 1.29 is 4.79 Å². The number of carbonyl (C=O) groups excluding carboxylic acids is 1. The Labute approximate surface area is 172 Å². The zero-order valence-electron chi connectivity index (χ0n) is 14.7. The lowest BCUT2D eigenvalue weighted by Crippen LogP contribution is -2.42. The fraction of sp³-hybridized carbons (Fsp3) is 0.190. The van der Waals surface area contributed by atoms with Gasteiger partial charge in [0.1, 0.15) is 0 Å². The maximum Gasteiger partial charge on any atom is 0.322 e. The molecule has 2 amide bonds. The van der Waals surface area contributed by atoms with Crippen molar-refractivity contribution in [3.63, 3.8) is 0 Å². The van der Waals surface area contributed by atoms with Crippen LogP contribution in [-0.2, 0) is 6.42 Å². The summed E-state index contributed by atoms with van der Waals surface area (Å²) in [4.78, 5) is 16.3. The Morgan fingerprint density at radius 2 is 1.81 bits per heavy atom. The smallest absolute Gasteiger partial charge is 0.313 e. The molecule has 0 radical (unpaired) electrons. The number of amides is 2. The molecule has 27 heavy (non-hydrogen) atoms. The number of hydrogen-bond acceptors (Lipinski definition) is 2. The molecule has 0 fully saturated rings. The highest BCUT2D eigenvalue weighted by Crippen LogP contribution is 2.38. The number of thiophene rings is 1. The molecule has 0 spiro atoms. The molecule has 1 aliphatic heterocycles. The maximum atomic E-state index is 13.1. The summed E-state index contributed by atoms with van der Waals surface area (Å²) in [6, 6.07) is 15.3. The molecule has 2 heterocycles. The summed E-state index contributed by atoms with van der Waals surface area (Å²) in [6.45, 7) is 2.72. The van der Waals surface area contributed by atoms with Crippen molar-refractivity contribution in [2.45, 2.75) is 19.4 Å². The van der Waals surface area contributed by atoms with Crippen LogP contribution in [-0.4, -0.2) is 17.5 Å². The normalized spacial score (nSPS) is 16.1. The Bertz CT molecular complexity index is 964. The summed E-state index contributed by atoms with van der Waals surface area (Å²) >= 11 is 13.9. The molecule has 0 saturated carbocycles. The van der Waals surface area contributed by atoms with E-state index < -0.39 is 0 Å². The van der Waals surface area contributed by atoms with Gasteiger partial charge in [-0.2, -0.15) is 0 Å². The highest BCUT2D eigenvalue weighted by atomic mass is 35.5. The highest BCUT2D eigenvalue weighted by molar-refractivity contribution is 7.10. The van der Waals surface area contributed by atoms with E-state index in [1.807, 2.05) is 4.90 Å². The molecular formula is C21H18Cl2N2OS. The molecule has 0 saturated heterocycles. The molecule has 1 unspecified atom stereocenters. The van der Waals surface area contributed by atoms with E-state index >= 15 is 0 Å². The molecule has 0 aliphatic carbocycles. The second kappa shape index (κ2) is 7.55. The largest absolute Gasteiger partial charge is 0.322 e. The Balaban J connectivity index is 1.67. The number of rotatable bonds is 2. The van der Waals surface area contributed by atoms with E-state index in [4.69, 9.17) is 23.2 Å². The number of urea groups is 1. The summed E-state index contributed by atoms with van der Waals surface area (Å²) in [6.07, 6.45) is 0.860. The zero-order chi connectivity index (χ0) is 19.0. The highest BCUT2D eigenvalue weighted by Gasteiger charge is 2.32. The van der Waals surface area contributed by atoms with Crippen molar-refractivity contribution in [1.29, 1.82) is 0 Å². The van der Waals surface area contributed by atoms with Gasteiger partial charge in [0.25, 0.3) is 0 Å². The van der Waals surface area contributed by atoms with Gasteiger partial charge in [0, 0.05) is 27.2 Å². The lowest BCUT2D eigenvalue weighted by Gasteiger charge is -2.36. The number of nitrogens with zero attached hydrogens (tertiary/aromatic N) is 1. The fourth-order valence-electron chi connectivity index (χ4n) is 3.46. The fourth-order valence-corrected chi connectivity index (χ4v) is 4.89. The topological polar surface area (TPSA) is 32.3 Å². The molecule has 4 rings (SSSR count). The summed E-state index contributed by atoms with van der Waals surface area (Å²) < 4.78 is 0. The van der Waals surface area contributed by atoms with Gasteiger partial charge in [0.15, 0.2) is 0 Å². The number of anilines is 1. The van der Waals surface area contributed by atoms with Gasteiger partial charge < -0.3 is 10.2 Å². The SMILES string of the molecule is Cc1ccc(C2c3ccsc3CCN2C(=O)Nc2cc(Cl)cc(Cl)c2)cc1. The minimum Gasteiger partial charge on any atom is -0.313 e. The molecule has 3 aromatic rings. The number of benzene rings is 2. The Morgan fingerprint density at radius 3 is 2.52 bits per heavy atom. The summed E-state index contributed by atoms with van der Waals surface area (Å²) in [7, 11) is 0. The van der Waals surface area contributed by atoms with Gasteiger partial charge >= 0.3 is 6.03 Å². The monoisotopic (exact) mass is 416 g/mol. The number of fused-ring (bicyclic) bond motifs is 1. The minimum atomic E-state index is -0.157. The van der Waals surface area contributed by atoms with Crippen LogP contribution < -0.4 is 5.32 Å². The molecule has 3 nitrogen and oxygen atoms in total. The van der Waals surface area contributed by atoms with Crippen LogP contribution in [0.1, 0.15) is 27.6 Å². The van der Waals surface area contributed by atoms with E-state index in [1.54, 1.807) is 29.5 Å². The molecular weight excluding hydrogens is 399 g/mol. The van der Waals surface area contributed by atoms with Crippen LogP contribution in [0.2, 0.25) is 10.0 Å². The third-order valence-corrected chi connectivity index (χ3v) is 6.17. The predicted molar refractivity (Wildman–Crippen MR) is 113 cm³/mol.